The van der Waals surface area contributed by atoms with E-state index in [9.17, 15) is 4.21 Å². The van der Waals surface area contributed by atoms with Gasteiger partial charge in [0.25, 0.3) is 0 Å². The largest absolute Gasteiger partial charge is 0.357 e. The zero-order chi connectivity index (χ0) is 17.5. The van der Waals surface area contributed by atoms with Crippen molar-refractivity contribution in [1.82, 2.24) is 15.1 Å². The predicted octanol–water partition coefficient (Wildman–Crippen LogP) is 1.92. The Morgan fingerprint density at radius 3 is 2.65 bits per heavy atom. The number of hydrogen-bond donors (Lipinski definition) is 1. The van der Waals surface area contributed by atoms with Gasteiger partial charge >= 0.3 is 0 Å². The van der Waals surface area contributed by atoms with Gasteiger partial charge in [-0.25, -0.2) is 0 Å². The number of nitrogens with zero attached hydrogens (tertiary/aromatic N) is 3. The molecule has 23 heavy (non-hydrogen) atoms. The molecule has 0 aliphatic carbocycles. The third-order valence-electron chi connectivity index (χ3n) is 4.31. The molecular formula is C17H36N4OS. The first-order valence-corrected chi connectivity index (χ1v) is 10.2. The predicted molar refractivity (Wildman–Crippen MR) is 102 cm³/mol. The molecule has 0 bridgehead atoms. The van der Waals surface area contributed by atoms with Crippen LogP contribution in [0.5, 0.6) is 0 Å². The Kier molecular flexibility index (Phi) is 8.54. The van der Waals surface area contributed by atoms with Crippen LogP contribution < -0.4 is 5.32 Å². The highest BCUT2D eigenvalue weighted by Crippen LogP contribution is 2.17. The monoisotopic (exact) mass is 344 g/mol. The van der Waals surface area contributed by atoms with Gasteiger partial charge in [0.05, 0.1) is 6.54 Å². The van der Waals surface area contributed by atoms with Crippen LogP contribution in [-0.2, 0) is 10.8 Å². The fraction of sp³-hybridized carbons (Fsp3) is 0.941. The first-order chi connectivity index (χ1) is 10.8. The first kappa shape index (κ1) is 20.4. The molecule has 0 aromatic carbocycles. The third kappa shape index (κ3) is 6.79. The maximum absolute atomic E-state index is 12.1. The van der Waals surface area contributed by atoms with E-state index in [0.29, 0.717) is 18.3 Å². The van der Waals surface area contributed by atoms with Crippen molar-refractivity contribution in [2.45, 2.75) is 58.2 Å². The van der Waals surface area contributed by atoms with Crippen molar-refractivity contribution in [2.75, 3.05) is 45.5 Å². The molecule has 0 aromatic heterocycles. The van der Waals surface area contributed by atoms with Gasteiger partial charge in [-0.15, -0.1) is 0 Å². The van der Waals surface area contributed by atoms with Crippen molar-refractivity contribution in [3.8, 4) is 0 Å². The summed E-state index contributed by atoms with van der Waals surface area (Å²) in [5, 5.41) is 3.36. The Hall–Kier alpha value is -0.620. The zero-order valence-electron chi connectivity index (χ0n) is 15.9. The fourth-order valence-corrected chi connectivity index (χ4v) is 3.80. The number of guanidine groups is 1. The highest BCUT2D eigenvalue weighted by Gasteiger charge is 2.25. The summed E-state index contributed by atoms with van der Waals surface area (Å²) in [5.74, 6) is 1.55. The lowest BCUT2D eigenvalue weighted by Crippen LogP contribution is -2.46. The molecule has 1 aliphatic rings. The molecule has 0 aromatic rings. The zero-order valence-corrected chi connectivity index (χ0v) is 16.7. The average molecular weight is 345 g/mol. The Morgan fingerprint density at radius 2 is 2.09 bits per heavy atom. The van der Waals surface area contributed by atoms with Crippen molar-refractivity contribution in [3.05, 3.63) is 0 Å². The molecule has 136 valence electrons. The van der Waals surface area contributed by atoms with Gasteiger partial charge < -0.3 is 10.2 Å². The van der Waals surface area contributed by atoms with Crippen molar-refractivity contribution in [2.24, 2.45) is 4.99 Å². The van der Waals surface area contributed by atoms with Gasteiger partial charge in [-0.05, 0) is 53.6 Å². The van der Waals surface area contributed by atoms with E-state index >= 15 is 0 Å². The van der Waals surface area contributed by atoms with Crippen LogP contribution in [0.15, 0.2) is 4.99 Å². The second kappa shape index (κ2) is 9.62. The van der Waals surface area contributed by atoms with Crippen LogP contribution in [-0.4, -0.2) is 76.3 Å². The SMILES string of the molecule is CCNC(=NCCS(=O)C(C)(C)C)N(C)CC1CCCN1CC. The number of aliphatic imine (C=N–C) groups is 1. The number of likely N-dealkylation sites (N-methyl/N-ethyl adjacent to an activating group) is 2. The van der Waals surface area contributed by atoms with Crippen molar-refractivity contribution in [3.63, 3.8) is 0 Å². The van der Waals surface area contributed by atoms with Crippen LogP contribution in [0.1, 0.15) is 47.5 Å². The van der Waals surface area contributed by atoms with Gasteiger partial charge in [-0.1, -0.05) is 6.92 Å². The van der Waals surface area contributed by atoms with E-state index < -0.39 is 10.8 Å². The highest BCUT2D eigenvalue weighted by atomic mass is 32.2. The van der Waals surface area contributed by atoms with Gasteiger partial charge in [-0.3, -0.25) is 14.1 Å². The van der Waals surface area contributed by atoms with Crippen LogP contribution in [0.4, 0.5) is 0 Å². The first-order valence-electron chi connectivity index (χ1n) is 8.91. The van der Waals surface area contributed by atoms with E-state index in [4.69, 9.17) is 0 Å². The van der Waals surface area contributed by atoms with E-state index in [-0.39, 0.29) is 4.75 Å². The number of nitrogens with one attached hydrogen (secondary N) is 1. The molecular weight excluding hydrogens is 308 g/mol. The molecule has 1 N–H and O–H groups in total. The van der Waals surface area contributed by atoms with Crippen LogP contribution in [0.3, 0.4) is 0 Å². The minimum atomic E-state index is -0.844. The molecule has 1 saturated heterocycles. The number of hydrogen-bond acceptors (Lipinski definition) is 3. The topological polar surface area (TPSA) is 47.9 Å². The van der Waals surface area contributed by atoms with E-state index in [1.807, 2.05) is 20.8 Å². The summed E-state index contributed by atoms with van der Waals surface area (Å²) >= 11 is 0. The van der Waals surface area contributed by atoms with Gasteiger partial charge in [0.2, 0.25) is 0 Å². The lowest BCUT2D eigenvalue weighted by molar-refractivity contribution is 0.233. The molecule has 0 saturated carbocycles. The van der Waals surface area contributed by atoms with E-state index in [1.54, 1.807) is 0 Å². The van der Waals surface area contributed by atoms with E-state index in [2.05, 4.69) is 41.0 Å². The normalized spacial score (nSPS) is 21.5. The van der Waals surface area contributed by atoms with Crippen molar-refractivity contribution >= 4 is 16.8 Å². The summed E-state index contributed by atoms with van der Waals surface area (Å²) in [7, 11) is 1.26. The Balaban J connectivity index is 2.58. The minimum absolute atomic E-state index is 0.161. The smallest absolute Gasteiger partial charge is 0.193 e. The molecule has 0 amide bonds. The molecule has 1 aliphatic heterocycles. The van der Waals surface area contributed by atoms with Crippen molar-refractivity contribution < 1.29 is 4.21 Å². The van der Waals surface area contributed by atoms with Gasteiger partial charge in [0.1, 0.15) is 0 Å². The molecule has 0 spiro atoms. The molecule has 6 heteroatoms. The molecule has 2 atom stereocenters. The summed E-state index contributed by atoms with van der Waals surface area (Å²) in [6, 6.07) is 0.623. The maximum atomic E-state index is 12.1. The summed E-state index contributed by atoms with van der Waals surface area (Å²) in [6.07, 6.45) is 2.57. The van der Waals surface area contributed by atoms with Crippen LogP contribution in [0.25, 0.3) is 0 Å². The van der Waals surface area contributed by atoms with E-state index in [0.717, 1.165) is 25.6 Å². The van der Waals surface area contributed by atoms with Crippen LogP contribution >= 0.6 is 0 Å². The van der Waals surface area contributed by atoms with Crippen LogP contribution in [0, 0.1) is 0 Å². The standard InChI is InChI=1S/C17H36N4OS/c1-7-18-16(19-11-13-23(22)17(3,4)5)20(6)14-15-10-9-12-21(15)8-2/h15H,7-14H2,1-6H3,(H,18,19). The quantitative estimate of drug-likeness (QED) is 0.566. The van der Waals surface area contributed by atoms with Gasteiger partial charge in [-0.2, -0.15) is 0 Å². The summed E-state index contributed by atoms with van der Waals surface area (Å²) in [6.45, 7) is 15.2. The molecule has 1 rings (SSSR count). The Bertz CT molecular complexity index is 406. The van der Waals surface area contributed by atoms with Crippen LogP contribution in [0.2, 0.25) is 0 Å². The lowest BCUT2D eigenvalue weighted by Gasteiger charge is -2.30. The van der Waals surface area contributed by atoms with Gasteiger partial charge in [0, 0.05) is 47.5 Å². The maximum Gasteiger partial charge on any atom is 0.193 e. The molecule has 5 nitrogen and oxygen atoms in total. The highest BCUT2D eigenvalue weighted by molar-refractivity contribution is 7.86. The fourth-order valence-electron chi connectivity index (χ4n) is 2.93. The lowest BCUT2D eigenvalue weighted by atomic mass is 10.2. The molecule has 0 radical (unpaired) electrons. The molecule has 2 unspecified atom stereocenters. The summed E-state index contributed by atoms with van der Waals surface area (Å²) < 4.78 is 12.0. The third-order valence-corrected chi connectivity index (χ3v) is 6.23. The second-order valence-corrected chi connectivity index (χ2v) is 9.53. The number of rotatable bonds is 7. The molecule has 1 heterocycles. The minimum Gasteiger partial charge on any atom is -0.357 e. The molecule has 1 fully saturated rings. The summed E-state index contributed by atoms with van der Waals surface area (Å²) in [4.78, 5) is 9.45. The van der Waals surface area contributed by atoms with Crippen molar-refractivity contribution in [1.29, 1.82) is 0 Å². The van der Waals surface area contributed by atoms with Gasteiger partial charge in [0.15, 0.2) is 5.96 Å². The number of likely N-dealkylation sites (tertiary alicyclic amines) is 1. The summed E-state index contributed by atoms with van der Waals surface area (Å²) in [5.41, 5.74) is 0. The van der Waals surface area contributed by atoms with E-state index in [1.165, 1.54) is 19.4 Å². The Labute approximate surface area is 145 Å². The second-order valence-electron chi connectivity index (χ2n) is 7.20. The Morgan fingerprint density at radius 1 is 1.39 bits per heavy atom. The average Bonchev–Trinajstić information content (AvgIpc) is 2.92.